The molecule has 124 valence electrons. The molecule has 0 saturated carbocycles. The van der Waals surface area contributed by atoms with Crippen LogP contribution in [0, 0.1) is 0 Å². The van der Waals surface area contributed by atoms with Crippen molar-refractivity contribution < 1.29 is 9.90 Å². The molecule has 1 heterocycles. The van der Waals surface area contributed by atoms with Crippen LogP contribution in [0.25, 0.3) is 0 Å². The van der Waals surface area contributed by atoms with E-state index in [9.17, 15) is 9.90 Å². The van der Waals surface area contributed by atoms with Crippen molar-refractivity contribution in [3.05, 3.63) is 65.9 Å². The lowest BCUT2D eigenvalue weighted by atomic mass is 9.83. The van der Waals surface area contributed by atoms with Gasteiger partial charge < -0.3 is 10.0 Å². The van der Waals surface area contributed by atoms with Gasteiger partial charge in [0.15, 0.2) is 5.78 Å². The fourth-order valence-electron chi connectivity index (χ4n) is 3.15. The van der Waals surface area contributed by atoms with Gasteiger partial charge in [0.2, 0.25) is 0 Å². The molecular weight excluding hydrogens is 318 g/mol. The second-order valence-electron chi connectivity index (χ2n) is 6.48. The standard InChI is InChI=1S/C20H21NO2S/c1-20(2)17-6-4-5-7-18(17)21(3)19(20)12-15(23)13-24-16-10-8-14(22)9-11-16/h4-12,22H,13H2,1-3H3/b19-12-. The molecule has 0 spiro atoms. The minimum absolute atomic E-state index is 0.0933. The molecule has 1 aliphatic heterocycles. The SMILES string of the molecule is CN1/C(=C\C(=O)CSc2ccc(O)cc2)C(C)(C)c2ccccc21. The maximum Gasteiger partial charge on any atom is 0.167 e. The van der Waals surface area contributed by atoms with E-state index >= 15 is 0 Å². The van der Waals surface area contributed by atoms with Gasteiger partial charge in [0.05, 0.1) is 5.75 Å². The average Bonchev–Trinajstić information content (AvgIpc) is 2.76. The quantitative estimate of drug-likeness (QED) is 0.663. The predicted octanol–water partition coefficient (Wildman–Crippen LogP) is 4.36. The normalized spacial score (nSPS) is 17.1. The minimum atomic E-state index is -0.176. The molecule has 3 rings (SSSR count). The molecule has 0 unspecified atom stereocenters. The van der Waals surface area contributed by atoms with Crippen LogP contribution in [0.4, 0.5) is 5.69 Å². The Kier molecular flexibility index (Phi) is 4.41. The highest BCUT2D eigenvalue weighted by atomic mass is 32.2. The Morgan fingerprint density at radius 2 is 1.83 bits per heavy atom. The van der Waals surface area contributed by atoms with Crippen LogP contribution >= 0.6 is 11.8 Å². The summed E-state index contributed by atoms with van der Waals surface area (Å²) in [7, 11) is 2.01. The summed E-state index contributed by atoms with van der Waals surface area (Å²) in [6.07, 6.45) is 1.77. The lowest BCUT2D eigenvalue weighted by Gasteiger charge is -2.23. The molecule has 0 amide bonds. The molecule has 2 aromatic rings. The Morgan fingerprint density at radius 1 is 1.17 bits per heavy atom. The third kappa shape index (κ3) is 3.06. The lowest BCUT2D eigenvalue weighted by molar-refractivity contribution is -0.112. The van der Waals surface area contributed by atoms with E-state index in [1.54, 1.807) is 18.2 Å². The van der Waals surface area contributed by atoms with E-state index in [1.807, 2.05) is 31.3 Å². The number of nitrogens with zero attached hydrogens (tertiary/aromatic N) is 1. The molecule has 2 aromatic carbocycles. The summed E-state index contributed by atoms with van der Waals surface area (Å²) in [5, 5.41) is 9.31. The Morgan fingerprint density at radius 3 is 2.50 bits per heavy atom. The summed E-state index contributed by atoms with van der Waals surface area (Å²) >= 11 is 1.48. The number of anilines is 1. The van der Waals surface area contributed by atoms with Gasteiger partial charge in [-0.3, -0.25) is 4.79 Å². The van der Waals surface area contributed by atoms with Crippen LogP contribution in [0.15, 0.2) is 65.2 Å². The third-order valence-electron chi connectivity index (χ3n) is 4.46. The fraction of sp³-hybridized carbons (Fsp3) is 0.250. The third-order valence-corrected chi connectivity index (χ3v) is 5.49. The van der Waals surface area contributed by atoms with E-state index in [-0.39, 0.29) is 16.9 Å². The van der Waals surface area contributed by atoms with Gasteiger partial charge in [0.1, 0.15) is 5.75 Å². The Bertz CT molecular complexity index is 794. The number of benzene rings is 2. The van der Waals surface area contributed by atoms with Gasteiger partial charge in [-0.05, 0) is 35.9 Å². The number of phenolic OH excluding ortho intramolecular Hbond substituents is 1. The monoisotopic (exact) mass is 339 g/mol. The van der Waals surface area contributed by atoms with E-state index in [0.717, 1.165) is 16.3 Å². The molecule has 1 aliphatic rings. The minimum Gasteiger partial charge on any atom is -0.508 e. The first kappa shape index (κ1) is 16.7. The first-order chi connectivity index (χ1) is 11.4. The highest BCUT2D eigenvalue weighted by Crippen LogP contribution is 2.46. The van der Waals surface area contributed by atoms with E-state index < -0.39 is 0 Å². The summed E-state index contributed by atoms with van der Waals surface area (Å²) in [5.41, 5.74) is 3.26. The van der Waals surface area contributed by atoms with Crippen LogP contribution < -0.4 is 4.90 Å². The highest BCUT2D eigenvalue weighted by molar-refractivity contribution is 8.00. The van der Waals surface area contributed by atoms with Crippen molar-refractivity contribution in [2.24, 2.45) is 0 Å². The van der Waals surface area contributed by atoms with Crippen LogP contribution in [0.3, 0.4) is 0 Å². The molecule has 0 radical (unpaired) electrons. The first-order valence-electron chi connectivity index (χ1n) is 7.89. The number of ketones is 1. The van der Waals surface area contributed by atoms with Crippen LogP contribution in [0.1, 0.15) is 19.4 Å². The summed E-state index contributed by atoms with van der Waals surface area (Å²) < 4.78 is 0. The lowest BCUT2D eigenvalue weighted by Crippen LogP contribution is -2.24. The maximum atomic E-state index is 12.5. The van der Waals surface area contributed by atoms with E-state index in [1.165, 1.54) is 17.3 Å². The van der Waals surface area contributed by atoms with E-state index in [0.29, 0.717) is 5.75 Å². The Labute approximate surface area is 147 Å². The van der Waals surface area contributed by atoms with Gasteiger partial charge in [-0.25, -0.2) is 0 Å². The summed E-state index contributed by atoms with van der Waals surface area (Å²) in [6, 6.07) is 15.2. The summed E-state index contributed by atoms with van der Waals surface area (Å²) in [6.45, 7) is 4.31. The van der Waals surface area contributed by atoms with Crippen molar-refractivity contribution in [3.8, 4) is 5.75 Å². The summed E-state index contributed by atoms with van der Waals surface area (Å²) in [5.74, 6) is 0.713. The van der Waals surface area contributed by atoms with Crippen LogP contribution in [0.5, 0.6) is 5.75 Å². The van der Waals surface area contributed by atoms with Crippen LogP contribution in [-0.2, 0) is 10.2 Å². The number of rotatable bonds is 4. The number of phenols is 1. The van der Waals surface area contributed by atoms with Crippen LogP contribution in [0.2, 0.25) is 0 Å². The van der Waals surface area contributed by atoms with Crippen molar-refractivity contribution in [2.75, 3.05) is 17.7 Å². The average molecular weight is 339 g/mol. The number of hydrogen-bond acceptors (Lipinski definition) is 4. The smallest absolute Gasteiger partial charge is 0.167 e. The van der Waals surface area contributed by atoms with Crippen molar-refractivity contribution in [1.82, 2.24) is 0 Å². The highest BCUT2D eigenvalue weighted by Gasteiger charge is 2.38. The zero-order valence-corrected chi connectivity index (χ0v) is 14.9. The van der Waals surface area contributed by atoms with Gasteiger partial charge in [0, 0.05) is 34.8 Å². The molecule has 0 atom stereocenters. The number of hydrogen-bond donors (Lipinski definition) is 1. The van der Waals surface area contributed by atoms with Crippen LogP contribution in [-0.4, -0.2) is 23.7 Å². The largest absolute Gasteiger partial charge is 0.508 e. The van der Waals surface area contributed by atoms with Gasteiger partial charge in [-0.1, -0.05) is 32.0 Å². The molecule has 4 heteroatoms. The zero-order chi connectivity index (χ0) is 17.3. The zero-order valence-electron chi connectivity index (χ0n) is 14.1. The number of allylic oxidation sites excluding steroid dienone is 2. The molecular formula is C20H21NO2S. The molecule has 1 N–H and O–H groups in total. The predicted molar refractivity (Wildman–Crippen MR) is 99.8 cm³/mol. The number of likely N-dealkylation sites (N-methyl/N-ethyl adjacent to an activating group) is 1. The number of fused-ring (bicyclic) bond motifs is 1. The molecule has 3 nitrogen and oxygen atoms in total. The maximum absolute atomic E-state index is 12.5. The van der Waals surface area contributed by atoms with Crippen molar-refractivity contribution in [2.45, 2.75) is 24.2 Å². The number of para-hydroxylation sites is 1. The number of carbonyl (C=O) groups is 1. The molecule has 0 bridgehead atoms. The molecule has 0 fully saturated rings. The topological polar surface area (TPSA) is 40.5 Å². The number of thioether (sulfide) groups is 1. The van der Waals surface area contributed by atoms with Gasteiger partial charge in [-0.2, -0.15) is 0 Å². The van der Waals surface area contributed by atoms with Gasteiger partial charge >= 0.3 is 0 Å². The van der Waals surface area contributed by atoms with E-state index in [2.05, 4.69) is 30.9 Å². The fourth-order valence-corrected chi connectivity index (χ4v) is 3.87. The second-order valence-corrected chi connectivity index (χ2v) is 7.53. The Balaban J connectivity index is 1.76. The molecule has 0 aliphatic carbocycles. The molecule has 24 heavy (non-hydrogen) atoms. The van der Waals surface area contributed by atoms with Crippen molar-refractivity contribution in [1.29, 1.82) is 0 Å². The Hall–Kier alpha value is -2.20. The van der Waals surface area contributed by atoms with Crippen molar-refractivity contribution in [3.63, 3.8) is 0 Å². The molecule has 0 aromatic heterocycles. The number of carbonyl (C=O) groups excluding carboxylic acids is 1. The first-order valence-corrected chi connectivity index (χ1v) is 8.88. The summed E-state index contributed by atoms with van der Waals surface area (Å²) in [4.78, 5) is 15.5. The number of aromatic hydroxyl groups is 1. The van der Waals surface area contributed by atoms with Gasteiger partial charge in [0.25, 0.3) is 0 Å². The molecule has 0 saturated heterocycles. The van der Waals surface area contributed by atoms with E-state index in [4.69, 9.17) is 0 Å². The van der Waals surface area contributed by atoms with Gasteiger partial charge in [-0.15, -0.1) is 11.8 Å². The van der Waals surface area contributed by atoms with Crippen molar-refractivity contribution >= 4 is 23.2 Å². The second kappa shape index (κ2) is 6.36.